The van der Waals surface area contributed by atoms with Gasteiger partial charge in [0.15, 0.2) is 16.7 Å². The van der Waals surface area contributed by atoms with E-state index in [2.05, 4.69) is 5.32 Å². The van der Waals surface area contributed by atoms with Crippen molar-refractivity contribution in [3.63, 3.8) is 0 Å². The van der Waals surface area contributed by atoms with Gasteiger partial charge in [-0.2, -0.15) is 0 Å². The molecule has 2 fully saturated rings. The molecule has 6 nitrogen and oxygen atoms in total. The van der Waals surface area contributed by atoms with Crippen molar-refractivity contribution < 1.29 is 19.0 Å². The van der Waals surface area contributed by atoms with E-state index in [1.54, 1.807) is 21.3 Å². The standard InChI is InChI=1S/C19H24N2O4S/c1-23-14-9-12(10-15(24-2)17(14)25-3)11-16-18(22)21-19(26-16)20-13-7-5-4-6-8-13/h9-11,13H,4-8H2,1-3H3,(H,20,21,22). The summed E-state index contributed by atoms with van der Waals surface area (Å²) >= 11 is 1.38. The monoisotopic (exact) mass is 376 g/mol. The highest BCUT2D eigenvalue weighted by atomic mass is 32.2. The zero-order valence-electron chi connectivity index (χ0n) is 15.3. The summed E-state index contributed by atoms with van der Waals surface area (Å²) in [6.45, 7) is 0. The SMILES string of the molecule is COc1cc(C=C2SC(=NC3CCCCC3)NC2=O)cc(OC)c1OC. The number of carbonyl (C=O) groups excluding carboxylic acids is 1. The number of rotatable bonds is 5. The van der Waals surface area contributed by atoms with Crippen molar-refractivity contribution in [2.75, 3.05) is 21.3 Å². The zero-order valence-corrected chi connectivity index (χ0v) is 16.1. The average Bonchev–Trinajstić information content (AvgIpc) is 3.00. The number of thioether (sulfide) groups is 1. The number of hydrogen-bond donors (Lipinski definition) is 1. The van der Waals surface area contributed by atoms with Crippen molar-refractivity contribution in [1.29, 1.82) is 0 Å². The first-order valence-electron chi connectivity index (χ1n) is 8.73. The highest BCUT2D eigenvalue weighted by Crippen LogP contribution is 2.39. The number of methoxy groups -OCH3 is 3. The van der Waals surface area contributed by atoms with Crippen molar-refractivity contribution in [1.82, 2.24) is 5.32 Å². The van der Waals surface area contributed by atoms with E-state index in [-0.39, 0.29) is 5.91 Å². The summed E-state index contributed by atoms with van der Waals surface area (Å²) in [7, 11) is 4.70. The first-order valence-corrected chi connectivity index (χ1v) is 9.55. The minimum atomic E-state index is -0.127. The fourth-order valence-corrected chi connectivity index (χ4v) is 4.09. The first kappa shape index (κ1) is 18.6. The molecule has 1 aromatic rings. The predicted molar refractivity (Wildman–Crippen MR) is 104 cm³/mol. The summed E-state index contributed by atoms with van der Waals surface area (Å²) in [6.07, 6.45) is 7.74. The lowest BCUT2D eigenvalue weighted by Crippen LogP contribution is -2.22. The van der Waals surface area contributed by atoms with Gasteiger partial charge in [0.2, 0.25) is 5.75 Å². The third-order valence-electron chi connectivity index (χ3n) is 4.51. The van der Waals surface area contributed by atoms with Gasteiger partial charge >= 0.3 is 0 Å². The van der Waals surface area contributed by atoms with Crippen molar-refractivity contribution in [3.05, 3.63) is 22.6 Å². The number of hydrogen-bond acceptors (Lipinski definition) is 6. The number of amides is 1. The van der Waals surface area contributed by atoms with Gasteiger partial charge in [-0.15, -0.1) is 0 Å². The molecule has 0 bridgehead atoms. The quantitative estimate of drug-likeness (QED) is 0.795. The molecular weight excluding hydrogens is 352 g/mol. The Labute approximate surface area is 158 Å². The first-order chi connectivity index (χ1) is 12.6. The van der Waals surface area contributed by atoms with Crippen molar-refractivity contribution in [2.45, 2.75) is 38.1 Å². The number of ether oxygens (including phenoxy) is 3. The number of aliphatic imine (C=N–C) groups is 1. The maximum absolute atomic E-state index is 12.3. The highest BCUT2D eigenvalue weighted by Gasteiger charge is 2.25. The smallest absolute Gasteiger partial charge is 0.264 e. The Kier molecular flexibility index (Phi) is 6.08. The molecule has 140 valence electrons. The van der Waals surface area contributed by atoms with Crippen LogP contribution in [0.5, 0.6) is 17.2 Å². The van der Waals surface area contributed by atoms with E-state index in [9.17, 15) is 4.79 Å². The Hall–Kier alpha value is -2.15. The molecule has 1 heterocycles. The van der Waals surface area contributed by atoms with Crippen LogP contribution < -0.4 is 19.5 Å². The second kappa shape index (κ2) is 8.49. The van der Waals surface area contributed by atoms with E-state index in [0.717, 1.165) is 18.4 Å². The lowest BCUT2D eigenvalue weighted by Gasteiger charge is -2.17. The molecule has 1 amide bonds. The maximum Gasteiger partial charge on any atom is 0.264 e. The summed E-state index contributed by atoms with van der Waals surface area (Å²) in [4.78, 5) is 17.6. The molecule has 0 atom stereocenters. The van der Waals surface area contributed by atoms with Crippen LogP contribution in [0.15, 0.2) is 22.0 Å². The van der Waals surface area contributed by atoms with Crippen molar-refractivity contribution >= 4 is 28.9 Å². The summed E-state index contributed by atoms with van der Waals surface area (Å²) < 4.78 is 16.1. The fourth-order valence-electron chi connectivity index (χ4n) is 3.20. The van der Waals surface area contributed by atoms with Gasteiger partial charge < -0.3 is 19.5 Å². The minimum absolute atomic E-state index is 0.127. The van der Waals surface area contributed by atoms with Gasteiger partial charge in [-0.1, -0.05) is 19.3 Å². The largest absolute Gasteiger partial charge is 0.493 e. The predicted octanol–water partition coefficient (Wildman–Crippen LogP) is 3.61. The van der Waals surface area contributed by atoms with Gasteiger partial charge in [0.05, 0.1) is 32.3 Å². The fraction of sp³-hybridized carbons (Fsp3) is 0.474. The Balaban J connectivity index is 1.83. The van der Waals surface area contributed by atoms with E-state index in [0.29, 0.717) is 33.4 Å². The summed E-state index contributed by atoms with van der Waals surface area (Å²) in [5.41, 5.74) is 0.802. The maximum atomic E-state index is 12.3. The van der Waals surface area contributed by atoms with Gasteiger partial charge in [0.25, 0.3) is 5.91 Å². The highest BCUT2D eigenvalue weighted by molar-refractivity contribution is 8.18. The summed E-state index contributed by atoms with van der Waals surface area (Å²) in [6, 6.07) is 3.96. The number of nitrogens with zero attached hydrogens (tertiary/aromatic N) is 1. The summed E-state index contributed by atoms with van der Waals surface area (Å²) in [5, 5.41) is 3.56. The van der Waals surface area contributed by atoms with E-state index in [4.69, 9.17) is 19.2 Å². The van der Waals surface area contributed by atoms with Gasteiger partial charge in [0, 0.05) is 0 Å². The topological polar surface area (TPSA) is 69.2 Å². The lowest BCUT2D eigenvalue weighted by molar-refractivity contribution is -0.115. The van der Waals surface area contributed by atoms with E-state index in [1.807, 2.05) is 18.2 Å². The number of amidine groups is 1. The van der Waals surface area contributed by atoms with E-state index < -0.39 is 0 Å². The van der Waals surface area contributed by atoms with Crippen LogP contribution in [0.4, 0.5) is 0 Å². The molecule has 0 aromatic heterocycles. The molecule has 1 N–H and O–H groups in total. The van der Waals surface area contributed by atoms with Crippen LogP contribution in [-0.2, 0) is 4.79 Å². The van der Waals surface area contributed by atoms with Gasteiger partial charge in [0.1, 0.15) is 0 Å². The molecule has 2 aliphatic rings. The van der Waals surface area contributed by atoms with Crippen molar-refractivity contribution in [2.24, 2.45) is 4.99 Å². The molecule has 26 heavy (non-hydrogen) atoms. The Bertz CT molecular complexity index is 714. The molecule has 1 saturated carbocycles. The Morgan fingerprint density at radius 2 is 1.73 bits per heavy atom. The van der Waals surface area contributed by atoms with Crippen LogP contribution in [0.1, 0.15) is 37.7 Å². The van der Waals surface area contributed by atoms with Crippen LogP contribution in [-0.4, -0.2) is 38.4 Å². The molecule has 0 unspecified atom stereocenters. The van der Waals surface area contributed by atoms with E-state index >= 15 is 0 Å². The van der Waals surface area contributed by atoms with Gasteiger partial charge in [-0.05, 0) is 48.4 Å². The molecule has 1 aliphatic heterocycles. The lowest BCUT2D eigenvalue weighted by atomic mass is 9.96. The van der Waals surface area contributed by atoms with Crippen LogP contribution in [0, 0.1) is 0 Å². The Morgan fingerprint density at radius 1 is 1.08 bits per heavy atom. The Morgan fingerprint density at radius 3 is 2.31 bits per heavy atom. The molecule has 1 aliphatic carbocycles. The normalized spacial score (nSPS) is 21.1. The third-order valence-corrected chi connectivity index (χ3v) is 5.43. The van der Waals surface area contributed by atoms with Crippen molar-refractivity contribution in [3.8, 4) is 17.2 Å². The zero-order chi connectivity index (χ0) is 18.5. The second-order valence-electron chi connectivity index (χ2n) is 6.25. The van der Waals surface area contributed by atoms with Gasteiger partial charge in [-0.25, -0.2) is 0 Å². The van der Waals surface area contributed by atoms with Gasteiger partial charge in [-0.3, -0.25) is 9.79 Å². The molecular formula is C19H24N2O4S. The molecule has 1 aromatic carbocycles. The minimum Gasteiger partial charge on any atom is -0.493 e. The number of carbonyl (C=O) groups is 1. The number of nitrogens with one attached hydrogen (secondary N) is 1. The van der Waals surface area contributed by atoms with E-state index in [1.165, 1.54) is 31.0 Å². The number of benzene rings is 1. The molecule has 0 radical (unpaired) electrons. The van der Waals surface area contributed by atoms with Crippen LogP contribution in [0.2, 0.25) is 0 Å². The molecule has 3 rings (SSSR count). The molecule has 1 saturated heterocycles. The van der Waals surface area contributed by atoms with Crippen LogP contribution in [0.25, 0.3) is 6.08 Å². The second-order valence-corrected chi connectivity index (χ2v) is 7.28. The third kappa shape index (κ3) is 4.15. The molecule has 7 heteroatoms. The average molecular weight is 376 g/mol. The van der Waals surface area contributed by atoms with Crippen LogP contribution >= 0.6 is 11.8 Å². The van der Waals surface area contributed by atoms with Crippen LogP contribution in [0.3, 0.4) is 0 Å². The summed E-state index contributed by atoms with van der Waals surface area (Å²) in [5.74, 6) is 1.51. The molecule has 0 spiro atoms.